The molecule has 2 rings (SSSR count). The fourth-order valence-electron chi connectivity index (χ4n) is 3.04. The Morgan fingerprint density at radius 1 is 1.29 bits per heavy atom. The molecule has 24 heavy (non-hydrogen) atoms. The molecule has 1 saturated heterocycles. The Kier molecular flexibility index (Phi) is 5.97. The van der Waals surface area contributed by atoms with Crippen LogP contribution in [0.25, 0.3) is 0 Å². The maximum Gasteiger partial charge on any atom is 0.243 e. The van der Waals surface area contributed by atoms with E-state index in [-0.39, 0.29) is 23.9 Å². The van der Waals surface area contributed by atoms with Gasteiger partial charge in [-0.25, -0.2) is 0 Å². The van der Waals surface area contributed by atoms with Gasteiger partial charge in [0, 0.05) is 13.0 Å². The van der Waals surface area contributed by atoms with E-state index in [0.29, 0.717) is 24.4 Å². The Morgan fingerprint density at radius 2 is 1.96 bits per heavy atom. The van der Waals surface area contributed by atoms with Gasteiger partial charge in [-0.05, 0) is 43.4 Å². The van der Waals surface area contributed by atoms with Crippen LogP contribution in [0.15, 0.2) is 24.3 Å². The molecule has 1 aromatic rings. The minimum atomic E-state index is -0.364. The van der Waals surface area contributed by atoms with Gasteiger partial charge in [0.15, 0.2) is 0 Å². The first-order valence-corrected chi connectivity index (χ1v) is 8.52. The number of carbonyl (C=O) groups is 2. The topological polar surface area (TPSA) is 73.2 Å². The van der Waals surface area contributed by atoms with Crippen LogP contribution >= 0.6 is 0 Å². The van der Waals surface area contributed by atoms with Gasteiger partial charge in [0.05, 0.1) is 17.7 Å². The molecule has 1 aromatic carbocycles. The summed E-state index contributed by atoms with van der Waals surface area (Å²) in [6.07, 6.45) is 2.07. The first kappa shape index (κ1) is 18.0. The highest BCUT2D eigenvalue weighted by Gasteiger charge is 2.34. The average molecular weight is 327 g/mol. The van der Waals surface area contributed by atoms with Crippen molar-refractivity contribution in [2.75, 3.05) is 6.54 Å². The molecule has 1 aliphatic rings. The van der Waals surface area contributed by atoms with Crippen molar-refractivity contribution in [1.29, 1.82) is 5.26 Å². The molecule has 128 valence electrons. The predicted octanol–water partition coefficient (Wildman–Crippen LogP) is 2.77. The Hall–Kier alpha value is -2.35. The quantitative estimate of drug-likeness (QED) is 0.904. The van der Waals surface area contributed by atoms with E-state index in [0.717, 1.165) is 18.4 Å². The minimum absolute atomic E-state index is 0.0636. The summed E-state index contributed by atoms with van der Waals surface area (Å²) < 4.78 is 0. The number of amides is 2. The van der Waals surface area contributed by atoms with Gasteiger partial charge in [-0.15, -0.1) is 0 Å². The zero-order valence-electron chi connectivity index (χ0n) is 14.6. The van der Waals surface area contributed by atoms with E-state index in [1.165, 1.54) is 0 Å². The monoisotopic (exact) mass is 327 g/mol. The summed E-state index contributed by atoms with van der Waals surface area (Å²) in [6, 6.07) is 8.74. The summed E-state index contributed by atoms with van der Waals surface area (Å²) in [7, 11) is 0. The molecule has 1 unspecified atom stereocenters. The van der Waals surface area contributed by atoms with Gasteiger partial charge in [0.1, 0.15) is 6.04 Å². The van der Waals surface area contributed by atoms with Crippen molar-refractivity contribution in [3.63, 3.8) is 0 Å². The molecule has 1 aliphatic heterocycles. The molecule has 1 heterocycles. The number of nitrogens with zero attached hydrogens (tertiary/aromatic N) is 2. The Labute approximate surface area is 143 Å². The SMILES string of the molecule is CC(C)CC(=O)N1CCCC1C(=O)N[C@@H](C)c1ccc(C#N)cc1. The lowest BCUT2D eigenvalue weighted by molar-refractivity contribution is -0.139. The molecular weight excluding hydrogens is 302 g/mol. The number of likely N-dealkylation sites (tertiary alicyclic amines) is 1. The third kappa shape index (κ3) is 4.35. The molecular formula is C19H25N3O2. The van der Waals surface area contributed by atoms with Crippen molar-refractivity contribution in [2.45, 2.75) is 52.1 Å². The highest BCUT2D eigenvalue weighted by atomic mass is 16.2. The lowest BCUT2D eigenvalue weighted by Crippen LogP contribution is -2.46. The largest absolute Gasteiger partial charge is 0.348 e. The van der Waals surface area contributed by atoms with Crippen molar-refractivity contribution >= 4 is 11.8 Å². The van der Waals surface area contributed by atoms with Crippen LogP contribution in [-0.2, 0) is 9.59 Å². The molecule has 0 bridgehead atoms. The number of hydrogen-bond acceptors (Lipinski definition) is 3. The van der Waals surface area contributed by atoms with Crippen LogP contribution in [0.1, 0.15) is 57.2 Å². The van der Waals surface area contributed by atoms with Crippen LogP contribution in [0.5, 0.6) is 0 Å². The second-order valence-corrected chi connectivity index (χ2v) is 6.81. The maximum absolute atomic E-state index is 12.6. The second-order valence-electron chi connectivity index (χ2n) is 6.81. The highest BCUT2D eigenvalue weighted by Crippen LogP contribution is 2.21. The van der Waals surface area contributed by atoms with Gasteiger partial charge in [0.2, 0.25) is 11.8 Å². The molecule has 2 amide bonds. The molecule has 5 heteroatoms. The number of carbonyl (C=O) groups excluding carboxylic acids is 2. The molecule has 0 aromatic heterocycles. The van der Waals surface area contributed by atoms with Crippen molar-refractivity contribution in [1.82, 2.24) is 10.2 Å². The lowest BCUT2D eigenvalue weighted by atomic mass is 10.1. The number of rotatable bonds is 5. The van der Waals surface area contributed by atoms with Crippen LogP contribution in [0.4, 0.5) is 0 Å². The minimum Gasteiger partial charge on any atom is -0.348 e. The van der Waals surface area contributed by atoms with Gasteiger partial charge in [-0.1, -0.05) is 26.0 Å². The number of nitrogens with one attached hydrogen (secondary N) is 1. The summed E-state index contributed by atoms with van der Waals surface area (Å²) in [5.41, 5.74) is 1.54. The van der Waals surface area contributed by atoms with Crippen molar-refractivity contribution in [3.8, 4) is 6.07 Å². The molecule has 0 spiro atoms. The molecule has 1 N–H and O–H groups in total. The predicted molar refractivity (Wildman–Crippen MR) is 91.9 cm³/mol. The number of benzene rings is 1. The third-order valence-electron chi connectivity index (χ3n) is 4.36. The first-order valence-electron chi connectivity index (χ1n) is 8.52. The summed E-state index contributed by atoms with van der Waals surface area (Å²) in [4.78, 5) is 26.6. The van der Waals surface area contributed by atoms with Crippen molar-refractivity contribution in [3.05, 3.63) is 35.4 Å². The van der Waals surface area contributed by atoms with Crippen LogP contribution in [-0.4, -0.2) is 29.3 Å². The number of nitriles is 1. The Balaban J connectivity index is 1.99. The maximum atomic E-state index is 12.6. The molecule has 0 aliphatic carbocycles. The van der Waals surface area contributed by atoms with Crippen LogP contribution in [0.2, 0.25) is 0 Å². The molecule has 1 fully saturated rings. The van der Waals surface area contributed by atoms with Crippen LogP contribution in [0.3, 0.4) is 0 Å². The Bertz CT molecular complexity index is 631. The summed E-state index contributed by atoms with van der Waals surface area (Å²) in [5.74, 6) is 0.259. The van der Waals surface area contributed by atoms with Gasteiger partial charge in [-0.2, -0.15) is 5.26 Å². The van der Waals surface area contributed by atoms with E-state index in [9.17, 15) is 9.59 Å². The van der Waals surface area contributed by atoms with Gasteiger partial charge < -0.3 is 10.2 Å². The molecule has 0 radical (unpaired) electrons. The van der Waals surface area contributed by atoms with Crippen LogP contribution < -0.4 is 5.32 Å². The lowest BCUT2D eigenvalue weighted by Gasteiger charge is -2.26. The van der Waals surface area contributed by atoms with Gasteiger partial charge in [-0.3, -0.25) is 9.59 Å². The molecule has 0 saturated carbocycles. The summed E-state index contributed by atoms with van der Waals surface area (Å²) >= 11 is 0. The zero-order chi connectivity index (χ0) is 17.7. The highest BCUT2D eigenvalue weighted by molar-refractivity contribution is 5.88. The molecule has 5 nitrogen and oxygen atoms in total. The third-order valence-corrected chi connectivity index (χ3v) is 4.36. The average Bonchev–Trinajstić information content (AvgIpc) is 3.04. The van der Waals surface area contributed by atoms with Gasteiger partial charge in [0.25, 0.3) is 0 Å². The van der Waals surface area contributed by atoms with Crippen molar-refractivity contribution < 1.29 is 9.59 Å². The standard InChI is InChI=1S/C19H25N3O2/c1-13(2)11-18(23)22-10-4-5-17(22)19(24)21-14(3)16-8-6-15(12-20)7-9-16/h6-9,13-14,17H,4-5,10-11H2,1-3H3,(H,21,24)/t14-,17?/m0/s1. The van der Waals surface area contributed by atoms with E-state index >= 15 is 0 Å². The van der Waals surface area contributed by atoms with Crippen LogP contribution in [0, 0.1) is 17.2 Å². The van der Waals surface area contributed by atoms with E-state index < -0.39 is 0 Å². The van der Waals surface area contributed by atoms with Gasteiger partial charge >= 0.3 is 0 Å². The second kappa shape index (κ2) is 7.96. The summed E-state index contributed by atoms with van der Waals surface area (Å²) in [5, 5.41) is 11.8. The van der Waals surface area contributed by atoms with E-state index in [1.54, 1.807) is 17.0 Å². The normalized spacial score (nSPS) is 18.3. The fourth-order valence-corrected chi connectivity index (χ4v) is 3.04. The summed E-state index contributed by atoms with van der Waals surface area (Å²) in [6.45, 7) is 6.59. The zero-order valence-corrected chi connectivity index (χ0v) is 14.6. The van der Waals surface area contributed by atoms with E-state index in [4.69, 9.17) is 5.26 Å². The smallest absolute Gasteiger partial charge is 0.243 e. The van der Waals surface area contributed by atoms with E-state index in [2.05, 4.69) is 11.4 Å². The Morgan fingerprint density at radius 3 is 2.54 bits per heavy atom. The van der Waals surface area contributed by atoms with E-state index in [1.807, 2.05) is 32.9 Å². The van der Waals surface area contributed by atoms with Crippen molar-refractivity contribution in [2.24, 2.45) is 5.92 Å². The molecule has 2 atom stereocenters. The number of hydrogen-bond donors (Lipinski definition) is 1. The fraction of sp³-hybridized carbons (Fsp3) is 0.526. The first-order chi connectivity index (χ1) is 11.4.